The molecule has 33 heavy (non-hydrogen) atoms. The van der Waals surface area contributed by atoms with E-state index in [0.29, 0.717) is 5.02 Å². The number of nitrogens with zero attached hydrogens (tertiary/aromatic N) is 2. The molecule has 3 aromatic rings. The van der Waals surface area contributed by atoms with Crippen molar-refractivity contribution in [1.29, 1.82) is 0 Å². The van der Waals surface area contributed by atoms with Crippen molar-refractivity contribution in [3.63, 3.8) is 0 Å². The Morgan fingerprint density at radius 1 is 1.09 bits per heavy atom. The minimum atomic E-state index is -0.0156. The predicted molar refractivity (Wildman–Crippen MR) is 139 cm³/mol. The number of rotatable bonds is 8. The lowest BCUT2D eigenvalue weighted by molar-refractivity contribution is -0.120. The number of piperidine rings is 1. The van der Waals surface area contributed by atoms with Crippen molar-refractivity contribution in [3.05, 3.63) is 64.8 Å². The van der Waals surface area contributed by atoms with Crippen molar-refractivity contribution in [3.8, 4) is 21.0 Å². The second-order valence-electron chi connectivity index (χ2n) is 9.05. The SMILES string of the molecule is CC(C)NC(=O)Cc1nc(-c2ccc(CCN3CCCCC3)cc2)sc1-c1cccc(Cl)c1. The summed E-state index contributed by atoms with van der Waals surface area (Å²) in [6.45, 7) is 7.53. The Kier molecular flexibility index (Phi) is 8.18. The summed E-state index contributed by atoms with van der Waals surface area (Å²) in [5, 5.41) is 4.58. The van der Waals surface area contributed by atoms with Gasteiger partial charge < -0.3 is 10.2 Å². The summed E-state index contributed by atoms with van der Waals surface area (Å²) in [5.41, 5.74) is 4.23. The average molecular weight is 482 g/mol. The quantitative estimate of drug-likeness (QED) is 0.415. The van der Waals surface area contributed by atoms with Crippen LogP contribution in [-0.4, -0.2) is 41.5 Å². The maximum absolute atomic E-state index is 12.5. The van der Waals surface area contributed by atoms with E-state index in [1.807, 2.05) is 38.1 Å². The molecule has 0 spiro atoms. The highest BCUT2D eigenvalue weighted by Crippen LogP contribution is 2.37. The van der Waals surface area contributed by atoms with E-state index < -0.39 is 0 Å². The fourth-order valence-electron chi connectivity index (χ4n) is 4.26. The number of likely N-dealkylation sites (tertiary alicyclic amines) is 1. The summed E-state index contributed by atoms with van der Waals surface area (Å²) in [6.07, 6.45) is 5.36. The van der Waals surface area contributed by atoms with Gasteiger partial charge >= 0.3 is 0 Å². The number of carbonyl (C=O) groups is 1. The van der Waals surface area contributed by atoms with Crippen molar-refractivity contribution in [2.45, 2.75) is 52.0 Å². The highest BCUT2D eigenvalue weighted by Gasteiger charge is 2.18. The second-order valence-corrected chi connectivity index (χ2v) is 10.5. The number of halogens is 1. The van der Waals surface area contributed by atoms with Crippen molar-refractivity contribution in [2.24, 2.45) is 0 Å². The number of nitrogens with one attached hydrogen (secondary N) is 1. The molecular formula is C27H32ClN3OS. The van der Waals surface area contributed by atoms with Crippen LogP contribution >= 0.6 is 22.9 Å². The Morgan fingerprint density at radius 2 is 1.85 bits per heavy atom. The van der Waals surface area contributed by atoms with Crippen LogP contribution in [0.2, 0.25) is 5.02 Å². The van der Waals surface area contributed by atoms with Crippen molar-refractivity contribution >= 4 is 28.8 Å². The van der Waals surface area contributed by atoms with Crippen LogP contribution in [-0.2, 0) is 17.6 Å². The van der Waals surface area contributed by atoms with Gasteiger partial charge in [-0.15, -0.1) is 11.3 Å². The molecule has 0 radical (unpaired) electrons. The first-order chi connectivity index (χ1) is 16.0. The molecule has 4 rings (SSSR count). The molecule has 0 unspecified atom stereocenters. The maximum atomic E-state index is 12.5. The molecule has 1 aromatic heterocycles. The molecule has 0 atom stereocenters. The van der Waals surface area contributed by atoms with E-state index in [0.717, 1.165) is 39.7 Å². The molecule has 1 aliphatic heterocycles. The van der Waals surface area contributed by atoms with Gasteiger partial charge in [0.2, 0.25) is 5.91 Å². The van der Waals surface area contributed by atoms with E-state index in [1.54, 1.807) is 11.3 Å². The van der Waals surface area contributed by atoms with Gasteiger partial charge in [0.05, 0.1) is 17.0 Å². The standard InChI is InChI=1S/C27H32ClN3OS/c1-19(2)29-25(32)18-24-26(22-7-6-8-23(28)17-22)33-27(30-24)21-11-9-20(10-12-21)13-16-31-14-4-3-5-15-31/h6-12,17,19H,3-5,13-16,18H2,1-2H3,(H,29,32). The van der Waals surface area contributed by atoms with Gasteiger partial charge in [-0.25, -0.2) is 4.98 Å². The van der Waals surface area contributed by atoms with Gasteiger partial charge in [-0.05, 0) is 69.5 Å². The van der Waals surface area contributed by atoms with Crippen molar-refractivity contribution < 1.29 is 4.79 Å². The van der Waals surface area contributed by atoms with E-state index in [1.165, 1.54) is 37.9 Å². The van der Waals surface area contributed by atoms with Crippen LogP contribution in [0, 0.1) is 0 Å². The molecule has 4 nitrogen and oxygen atoms in total. The van der Waals surface area contributed by atoms with Crippen LogP contribution in [0.5, 0.6) is 0 Å². The minimum absolute atomic E-state index is 0.0156. The number of aromatic nitrogens is 1. The fraction of sp³-hybridized carbons (Fsp3) is 0.407. The maximum Gasteiger partial charge on any atom is 0.226 e. The molecule has 0 bridgehead atoms. The molecule has 1 amide bonds. The van der Waals surface area contributed by atoms with Gasteiger partial charge in [0.15, 0.2) is 0 Å². The summed E-state index contributed by atoms with van der Waals surface area (Å²) >= 11 is 7.87. The lowest BCUT2D eigenvalue weighted by atomic mass is 10.1. The third-order valence-corrected chi connectivity index (χ3v) is 7.36. The number of hydrogen-bond acceptors (Lipinski definition) is 4. The van der Waals surface area contributed by atoms with Crippen LogP contribution in [0.1, 0.15) is 44.4 Å². The van der Waals surface area contributed by atoms with E-state index in [2.05, 4.69) is 34.5 Å². The molecule has 2 heterocycles. The number of hydrogen-bond donors (Lipinski definition) is 1. The Hall–Kier alpha value is -2.21. The van der Waals surface area contributed by atoms with Crippen molar-refractivity contribution in [1.82, 2.24) is 15.2 Å². The van der Waals surface area contributed by atoms with Gasteiger partial charge in [-0.1, -0.05) is 54.4 Å². The number of thiazole rings is 1. The normalized spacial score (nSPS) is 14.5. The van der Waals surface area contributed by atoms with Crippen LogP contribution in [0.15, 0.2) is 48.5 Å². The van der Waals surface area contributed by atoms with Crippen LogP contribution in [0.3, 0.4) is 0 Å². The van der Waals surface area contributed by atoms with Crippen LogP contribution in [0.25, 0.3) is 21.0 Å². The van der Waals surface area contributed by atoms with E-state index >= 15 is 0 Å². The molecule has 174 valence electrons. The summed E-state index contributed by atoms with van der Waals surface area (Å²) in [4.78, 5) is 21.0. The lowest BCUT2D eigenvalue weighted by Crippen LogP contribution is -2.31. The molecule has 6 heteroatoms. The summed E-state index contributed by atoms with van der Waals surface area (Å²) in [5.74, 6) is -0.0156. The topological polar surface area (TPSA) is 45.2 Å². The third kappa shape index (κ3) is 6.66. The van der Waals surface area contributed by atoms with Crippen LogP contribution < -0.4 is 5.32 Å². The highest BCUT2D eigenvalue weighted by atomic mass is 35.5. The second kappa shape index (κ2) is 11.3. The minimum Gasteiger partial charge on any atom is -0.354 e. The Bertz CT molecular complexity index is 1070. The monoisotopic (exact) mass is 481 g/mol. The third-order valence-electron chi connectivity index (χ3n) is 5.93. The van der Waals surface area contributed by atoms with Gasteiger partial charge in [-0.3, -0.25) is 4.79 Å². The molecule has 0 saturated carbocycles. The number of carbonyl (C=O) groups excluding carboxylic acids is 1. The van der Waals surface area contributed by atoms with Gasteiger partial charge in [-0.2, -0.15) is 0 Å². The number of amides is 1. The fourth-order valence-corrected chi connectivity index (χ4v) is 5.53. The smallest absolute Gasteiger partial charge is 0.226 e. The Balaban J connectivity index is 1.54. The largest absolute Gasteiger partial charge is 0.354 e. The van der Waals surface area contributed by atoms with Gasteiger partial charge in [0.1, 0.15) is 5.01 Å². The molecule has 2 aromatic carbocycles. The van der Waals surface area contributed by atoms with E-state index in [9.17, 15) is 4.79 Å². The van der Waals surface area contributed by atoms with E-state index in [-0.39, 0.29) is 18.4 Å². The summed E-state index contributed by atoms with van der Waals surface area (Å²) < 4.78 is 0. The zero-order valence-electron chi connectivity index (χ0n) is 19.4. The first-order valence-corrected chi connectivity index (χ1v) is 13.0. The van der Waals surface area contributed by atoms with Gasteiger partial charge in [0.25, 0.3) is 0 Å². The molecular weight excluding hydrogens is 450 g/mol. The van der Waals surface area contributed by atoms with E-state index in [4.69, 9.17) is 16.6 Å². The lowest BCUT2D eigenvalue weighted by Gasteiger charge is -2.26. The predicted octanol–water partition coefficient (Wildman–Crippen LogP) is 6.23. The summed E-state index contributed by atoms with van der Waals surface area (Å²) in [6, 6.07) is 16.6. The van der Waals surface area contributed by atoms with Crippen LogP contribution in [0.4, 0.5) is 0 Å². The summed E-state index contributed by atoms with van der Waals surface area (Å²) in [7, 11) is 0. The zero-order chi connectivity index (χ0) is 23.2. The molecule has 1 aliphatic rings. The first-order valence-electron chi connectivity index (χ1n) is 11.8. The molecule has 1 fully saturated rings. The van der Waals surface area contributed by atoms with Gasteiger partial charge in [0, 0.05) is 23.2 Å². The molecule has 1 saturated heterocycles. The molecule has 1 N–H and O–H groups in total. The average Bonchev–Trinajstić information content (AvgIpc) is 3.22. The molecule has 0 aliphatic carbocycles. The highest BCUT2D eigenvalue weighted by molar-refractivity contribution is 7.18. The number of benzene rings is 2. The Labute approximate surface area is 206 Å². The van der Waals surface area contributed by atoms with Crippen molar-refractivity contribution in [2.75, 3.05) is 19.6 Å². The Morgan fingerprint density at radius 3 is 2.55 bits per heavy atom. The first kappa shape index (κ1) is 23.9. The zero-order valence-corrected chi connectivity index (χ0v) is 21.0.